The summed E-state index contributed by atoms with van der Waals surface area (Å²) in [5.41, 5.74) is 3.91. The van der Waals surface area contributed by atoms with Gasteiger partial charge in [-0.2, -0.15) is 0 Å². The molecule has 0 spiro atoms. The van der Waals surface area contributed by atoms with Crippen molar-refractivity contribution in [2.24, 2.45) is 0 Å². The standard InChI is InChI=1S/C14H15ClFN3S/c15-13-5-12(1-2-14(13)16)19-4-3-10(7-19)17-6-11-8-20-9-18-11/h1-2,5,8-10,17H,3-4,6-7H2. The summed E-state index contributed by atoms with van der Waals surface area (Å²) in [5.74, 6) is -0.368. The zero-order valence-electron chi connectivity index (χ0n) is 10.9. The Morgan fingerprint density at radius 2 is 2.40 bits per heavy atom. The van der Waals surface area contributed by atoms with Gasteiger partial charge in [0.25, 0.3) is 0 Å². The van der Waals surface area contributed by atoms with E-state index in [4.69, 9.17) is 11.6 Å². The van der Waals surface area contributed by atoms with Crippen molar-refractivity contribution in [2.75, 3.05) is 18.0 Å². The zero-order chi connectivity index (χ0) is 13.9. The molecule has 0 saturated carbocycles. The lowest BCUT2D eigenvalue weighted by Crippen LogP contribution is -2.32. The van der Waals surface area contributed by atoms with E-state index in [1.807, 2.05) is 5.51 Å². The molecule has 1 aliphatic heterocycles. The van der Waals surface area contributed by atoms with E-state index in [1.165, 1.54) is 6.07 Å². The lowest BCUT2D eigenvalue weighted by atomic mass is 10.2. The number of hydrogen-bond donors (Lipinski definition) is 1. The van der Waals surface area contributed by atoms with E-state index in [2.05, 4.69) is 20.6 Å². The fraction of sp³-hybridized carbons (Fsp3) is 0.357. The molecule has 0 amide bonds. The van der Waals surface area contributed by atoms with E-state index in [-0.39, 0.29) is 10.8 Å². The minimum absolute atomic E-state index is 0.182. The normalized spacial score (nSPS) is 18.7. The number of anilines is 1. The van der Waals surface area contributed by atoms with Gasteiger partial charge in [0.15, 0.2) is 0 Å². The summed E-state index contributed by atoms with van der Waals surface area (Å²) >= 11 is 7.44. The highest BCUT2D eigenvalue weighted by Gasteiger charge is 2.22. The summed E-state index contributed by atoms with van der Waals surface area (Å²) in [6, 6.07) is 5.33. The average Bonchev–Trinajstić information content (AvgIpc) is 3.10. The van der Waals surface area contributed by atoms with Crippen LogP contribution >= 0.6 is 22.9 Å². The third kappa shape index (κ3) is 3.11. The van der Waals surface area contributed by atoms with Crippen molar-refractivity contribution in [3.63, 3.8) is 0 Å². The van der Waals surface area contributed by atoms with Gasteiger partial charge >= 0.3 is 0 Å². The number of nitrogens with one attached hydrogen (secondary N) is 1. The molecule has 0 radical (unpaired) electrons. The molecule has 1 fully saturated rings. The third-order valence-electron chi connectivity index (χ3n) is 3.51. The van der Waals surface area contributed by atoms with E-state index in [9.17, 15) is 4.39 Å². The van der Waals surface area contributed by atoms with Gasteiger partial charge in [0.2, 0.25) is 0 Å². The van der Waals surface area contributed by atoms with E-state index in [0.717, 1.165) is 37.4 Å². The van der Waals surface area contributed by atoms with Crippen molar-refractivity contribution in [3.8, 4) is 0 Å². The van der Waals surface area contributed by atoms with E-state index >= 15 is 0 Å². The smallest absolute Gasteiger partial charge is 0.141 e. The summed E-state index contributed by atoms with van der Waals surface area (Å²) in [4.78, 5) is 6.49. The number of halogens is 2. The molecule has 1 N–H and O–H groups in total. The Kier molecular flexibility index (Phi) is 4.19. The van der Waals surface area contributed by atoms with Crippen LogP contribution in [-0.2, 0) is 6.54 Å². The minimum Gasteiger partial charge on any atom is -0.370 e. The monoisotopic (exact) mass is 311 g/mol. The molecule has 3 nitrogen and oxygen atoms in total. The Labute approximate surface area is 126 Å². The van der Waals surface area contributed by atoms with E-state index < -0.39 is 0 Å². The van der Waals surface area contributed by atoms with Gasteiger partial charge in [0, 0.05) is 36.7 Å². The van der Waals surface area contributed by atoms with Gasteiger partial charge in [-0.25, -0.2) is 9.37 Å². The van der Waals surface area contributed by atoms with Crippen LogP contribution in [0.2, 0.25) is 5.02 Å². The van der Waals surface area contributed by atoms with Crippen LogP contribution in [-0.4, -0.2) is 24.1 Å². The first kappa shape index (κ1) is 13.8. The van der Waals surface area contributed by atoms with Crippen molar-refractivity contribution in [3.05, 3.63) is 45.6 Å². The SMILES string of the molecule is Fc1ccc(N2CCC(NCc3cscn3)C2)cc1Cl. The summed E-state index contributed by atoms with van der Waals surface area (Å²) in [7, 11) is 0. The maximum absolute atomic E-state index is 13.2. The first-order chi connectivity index (χ1) is 9.72. The molecule has 1 aromatic heterocycles. The predicted octanol–water partition coefficient (Wildman–Crippen LogP) is 3.30. The summed E-state index contributed by atoms with van der Waals surface area (Å²) in [6.45, 7) is 2.66. The van der Waals surface area contributed by atoms with Crippen molar-refractivity contribution in [1.29, 1.82) is 0 Å². The van der Waals surface area contributed by atoms with Gasteiger partial charge in [0.1, 0.15) is 5.82 Å². The average molecular weight is 312 g/mol. The second-order valence-electron chi connectivity index (χ2n) is 4.89. The van der Waals surface area contributed by atoms with Gasteiger partial charge in [-0.1, -0.05) is 11.6 Å². The molecule has 0 bridgehead atoms. The largest absolute Gasteiger partial charge is 0.370 e. The van der Waals surface area contributed by atoms with Gasteiger partial charge < -0.3 is 10.2 Å². The van der Waals surface area contributed by atoms with E-state index in [1.54, 1.807) is 23.5 Å². The van der Waals surface area contributed by atoms with Crippen LogP contribution in [0.4, 0.5) is 10.1 Å². The summed E-state index contributed by atoms with van der Waals surface area (Å²) in [6.07, 6.45) is 1.07. The third-order valence-corrected chi connectivity index (χ3v) is 4.44. The first-order valence-corrected chi connectivity index (χ1v) is 7.85. The quantitative estimate of drug-likeness (QED) is 0.939. The van der Waals surface area contributed by atoms with Crippen molar-refractivity contribution in [2.45, 2.75) is 19.0 Å². The van der Waals surface area contributed by atoms with Crippen LogP contribution in [0.1, 0.15) is 12.1 Å². The van der Waals surface area contributed by atoms with E-state index in [0.29, 0.717) is 6.04 Å². The van der Waals surface area contributed by atoms with Crippen LogP contribution in [0.25, 0.3) is 0 Å². The number of hydrogen-bond acceptors (Lipinski definition) is 4. The number of rotatable bonds is 4. The van der Waals surface area contributed by atoms with Crippen LogP contribution in [0, 0.1) is 5.82 Å². The maximum atomic E-state index is 13.2. The molecule has 1 aromatic carbocycles. The summed E-state index contributed by atoms with van der Waals surface area (Å²) < 4.78 is 13.2. The van der Waals surface area contributed by atoms with Gasteiger partial charge in [-0.15, -0.1) is 11.3 Å². The second-order valence-corrected chi connectivity index (χ2v) is 6.02. The molecule has 1 unspecified atom stereocenters. The molecule has 20 heavy (non-hydrogen) atoms. The van der Waals surface area contributed by atoms with Crippen molar-refractivity contribution < 1.29 is 4.39 Å². The van der Waals surface area contributed by atoms with Gasteiger partial charge in [-0.3, -0.25) is 0 Å². The van der Waals surface area contributed by atoms with Crippen molar-refractivity contribution >= 4 is 28.6 Å². The molecule has 1 atom stereocenters. The zero-order valence-corrected chi connectivity index (χ0v) is 12.4. The topological polar surface area (TPSA) is 28.2 Å². The molecule has 6 heteroatoms. The second kappa shape index (κ2) is 6.08. The number of aromatic nitrogens is 1. The minimum atomic E-state index is -0.368. The Balaban J connectivity index is 1.57. The molecule has 0 aliphatic carbocycles. The Morgan fingerprint density at radius 3 is 3.15 bits per heavy atom. The molecule has 2 aromatic rings. The van der Waals surface area contributed by atoms with Crippen LogP contribution in [0.3, 0.4) is 0 Å². The lowest BCUT2D eigenvalue weighted by molar-refractivity contribution is 0.547. The Morgan fingerprint density at radius 1 is 1.50 bits per heavy atom. The van der Waals surface area contributed by atoms with Crippen molar-refractivity contribution in [1.82, 2.24) is 10.3 Å². The number of thiazole rings is 1. The van der Waals surface area contributed by atoms with Crippen LogP contribution in [0.15, 0.2) is 29.1 Å². The molecule has 1 saturated heterocycles. The summed E-state index contributed by atoms with van der Waals surface area (Å²) in [5, 5.41) is 5.74. The van der Waals surface area contributed by atoms with Crippen LogP contribution < -0.4 is 10.2 Å². The highest BCUT2D eigenvalue weighted by molar-refractivity contribution is 7.07. The van der Waals surface area contributed by atoms with Gasteiger partial charge in [0.05, 0.1) is 16.2 Å². The maximum Gasteiger partial charge on any atom is 0.141 e. The van der Waals surface area contributed by atoms with Gasteiger partial charge in [-0.05, 0) is 24.6 Å². The Hall–Kier alpha value is -1.17. The molecule has 106 valence electrons. The highest BCUT2D eigenvalue weighted by atomic mass is 35.5. The molecule has 3 rings (SSSR count). The molecular formula is C14H15ClFN3S. The molecule has 1 aliphatic rings. The molecular weight excluding hydrogens is 297 g/mol. The fourth-order valence-corrected chi connectivity index (χ4v) is 3.15. The first-order valence-electron chi connectivity index (χ1n) is 6.53. The number of nitrogens with zero attached hydrogens (tertiary/aromatic N) is 2. The lowest BCUT2D eigenvalue weighted by Gasteiger charge is -2.19. The fourth-order valence-electron chi connectivity index (χ4n) is 2.42. The highest BCUT2D eigenvalue weighted by Crippen LogP contribution is 2.25. The number of benzene rings is 1. The Bertz CT molecular complexity index is 576. The van der Waals surface area contributed by atoms with Crippen LogP contribution in [0.5, 0.6) is 0 Å². The molecule has 2 heterocycles. The predicted molar refractivity (Wildman–Crippen MR) is 81.0 cm³/mol.